The maximum atomic E-state index is 5.62. The van der Waals surface area contributed by atoms with Gasteiger partial charge in [0.1, 0.15) is 11.6 Å². The molecular formula is C23H38N6S. The van der Waals surface area contributed by atoms with Crippen LogP contribution in [0.4, 0.5) is 17.6 Å². The van der Waals surface area contributed by atoms with Crippen LogP contribution in [-0.4, -0.2) is 47.3 Å². The Balaban J connectivity index is 1.52. The Labute approximate surface area is 187 Å². The molecule has 0 spiro atoms. The summed E-state index contributed by atoms with van der Waals surface area (Å²) in [4.78, 5) is 14.6. The van der Waals surface area contributed by atoms with Gasteiger partial charge in [-0.05, 0) is 62.6 Å². The van der Waals surface area contributed by atoms with Gasteiger partial charge in [0.2, 0.25) is 5.95 Å². The van der Waals surface area contributed by atoms with E-state index in [-0.39, 0.29) is 0 Å². The third-order valence-corrected chi connectivity index (χ3v) is 7.05. The predicted octanol–water partition coefficient (Wildman–Crippen LogP) is 4.57. The Morgan fingerprint density at radius 1 is 0.867 bits per heavy atom. The van der Waals surface area contributed by atoms with Crippen LogP contribution in [0.25, 0.3) is 0 Å². The van der Waals surface area contributed by atoms with Crippen molar-refractivity contribution in [2.75, 3.05) is 41.3 Å². The normalized spacial score (nSPS) is 25.8. The molecule has 1 aromatic rings. The van der Waals surface area contributed by atoms with Crippen LogP contribution in [-0.2, 0) is 0 Å². The average Bonchev–Trinajstić information content (AvgIpc) is 2.74. The zero-order valence-electron chi connectivity index (χ0n) is 18.7. The second-order valence-electron chi connectivity index (χ2n) is 9.73. The van der Waals surface area contributed by atoms with E-state index in [0.29, 0.717) is 28.9 Å². The molecule has 1 aromatic heterocycles. The monoisotopic (exact) mass is 430 g/mol. The molecule has 3 aliphatic rings. The fourth-order valence-electron chi connectivity index (χ4n) is 5.17. The van der Waals surface area contributed by atoms with Crippen LogP contribution in [0.3, 0.4) is 0 Å². The van der Waals surface area contributed by atoms with Crippen LogP contribution in [0.2, 0.25) is 0 Å². The van der Waals surface area contributed by atoms with Crippen molar-refractivity contribution in [2.24, 2.45) is 11.8 Å². The molecule has 0 amide bonds. The zero-order valence-corrected chi connectivity index (χ0v) is 19.5. The Bertz CT molecular complexity index is 679. The maximum absolute atomic E-state index is 5.62. The van der Waals surface area contributed by atoms with Gasteiger partial charge in [-0.15, -0.1) is 0 Å². The number of aromatic nitrogens is 2. The van der Waals surface area contributed by atoms with Crippen LogP contribution < -0.4 is 20.4 Å². The molecule has 166 valence electrons. The van der Waals surface area contributed by atoms with Gasteiger partial charge >= 0.3 is 0 Å². The van der Waals surface area contributed by atoms with E-state index in [1.54, 1.807) is 0 Å². The number of hydrogen-bond acceptors (Lipinski definition) is 5. The molecule has 0 bridgehead atoms. The number of nitrogens with one attached hydrogen (secondary N) is 2. The van der Waals surface area contributed by atoms with Crippen molar-refractivity contribution >= 4 is 34.9 Å². The number of hydrogen-bond donors (Lipinski definition) is 2. The molecule has 3 fully saturated rings. The van der Waals surface area contributed by atoms with Crippen LogP contribution in [0.15, 0.2) is 6.07 Å². The average molecular weight is 431 g/mol. The van der Waals surface area contributed by atoms with E-state index >= 15 is 0 Å². The lowest BCUT2D eigenvalue weighted by Crippen LogP contribution is -2.40. The van der Waals surface area contributed by atoms with Crippen molar-refractivity contribution in [1.29, 1.82) is 0 Å². The summed E-state index contributed by atoms with van der Waals surface area (Å²) in [5, 5.41) is 7.46. The molecule has 4 rings (SSSR count). The highest BCUT2D eigenvalue weighted by Gasteiger charge is 2.23. The molecule has 0 unspecified atom stereocenters. The van der Waals surface area contributed by atoms with Gasteiger partial charge in [0.15, 0.2) is 5.11 Å². The first-order chi connectivity index (χ1) is 14.6. The van der Waals surface area contributed by atoms with Gasteiger partial charge in [0.25, 0.3) is 0 Å². The van der Waals surface area contributed by atoms with Crippen LogP contribution in [0, 0.1) is 11.8 Å². The summed E-state index contributed by atoms with van der Waals surface area (Å²) >= 11 is 5.62. The number of piperidine rings is 2. The molecule has 2 aliphatic heterocycles. The Morgan fingerprint density at radius 2 is 1.43 bits per heavy atom. The molecule has 1 aliphatic carbocycles. The van der Waals surface area contributed by atoms with Gasteiger partial charge in [0, 0.05) is 38.3 Å². The van der Waals surface area contributed by atoms with Gasteiger partial charge in [-0.3, -0.25) is 0 Å². The van der Waals surface area contributed by atoms with Crippen molar-refractivity contribution in [3.8, 4) is 0 Å². The summed E-state index contributed by atoms with van der Waals surface area (Å²) in [7, 11) is 0. The topological polar surface area (TPSA) is 56.3 Å². The first-order valence-electron chi connectivity index (χ1n) is 12.0. The third-order valence-electron chi connectivity index (χ3n) is 6.83. The molecule has 0 aromatic carbocycles. The highest BCUT2D eigenvalue weighted by atomic mass is 32.1. The standard InChI is InChI=1S/C23H38N6S/c1-17-8-6-12-28(15-17)20-14-21(29-13-7-9-18(2)16-29)26-22(25-20)27-23(30)24-19-10-4-3-5-11-19/h14,17-19H,3-13,15-16H2,1-2H3,(H2,24,25,26,27,30)/t17-,18+. The number of anilines is 3. The van der Waals surface area contributed by atoms with E-state index in [2.05, 4.69) is 40.3 Å². The quantitative estimate of drug-likeness (QED) is 0.679. The molecule has 1 saturated carbocycles. The molecule has 6 nitrogen and oxygen atoms in total. The van der Waals surface area contributed by atoms with E-state index in [4.69, 9.17) is 22.2 Å². The summed E-state index contributed by atoms with van der Waals surface area (Å²) in [6.07, 6.45) is 11.4. The van der Waals surface area contributed by atoms with Crippen molar-refractivity contribution in [3.63, 3.8) is 0 Å². The smallest absolute Gasteiger partial charge is 0.232 e. The van der Waals surface area contributed by atoms with Crippen LogP contribution >= 0.6 is 12.2 Å². The van der Waals surface area contributed by atoms with Crippen molar-refractivity contribution < 1.29 is 0 Å². The summed E-state index contributed by atoms with van der Waals surface area (Å²) < 4.78 is 0. The Kier molecular flexibility index (Phi) is 7.28. The molecule has 2 N–H and O–H groups in total. The van der Waals surface area contributed by atoms with Crippen molar-refractivity contribution in [3.05, 3.63) is 6.07 Å². The lowest BCUT2D eigenvalue weighted by molar-refractivity contribution is 0.414. The highest BCUT2D eigenvalue weighted by Crippen LogP contribution is 2.28. The molecule has 7 heteroatoms. The third kappa shape index (κ3) is 5.74. The highest BCUT2D eigenvalue weighted by molar-refractivity contribution is 7.80. The van der Waals surface area contributed by atoms with E-state index in [9.17, 15) is 0 Å². The van der Waals surface area contributed by atoms with Gasteiger partial charge in [-0.2, -0.15) is 9.97 Å². The lowest BCUT2D eigenvalue weighted by Gasteiger charge is -2.35. The minimum atomic E-state index is 0.479. The first-order valence-corrected chi connectivity index (χ1v) is 12.4. The van der Waals surface area contributed by atoms with E-state index in [1.165, 1.54) is 57.8 Å². The Hall–Kier alpha value is -1.63. The first kappa shape index (κ1) is 21.6. The SMILES string of the molecule is C[C@@H]1CCCN(c2cc(N3CCC[C@H](C)C3)nc(NC(=S)NC3CCCCC3)n2)C1. The van der Waals surface area contributed by atoms with Gasteiger partial charge in [-0.25, -0.2) is 0 Å². The number of thiocarbonyl (C=S) groups is 1. The molecule has 3 heterocycles. The van der Waals surface area contributed by atoms with Gasteiger partial charge in [0.05, 0.1) is 0 Å². The molecule has 2 saturated heterocycles. The van der Waals surface area contributed by atoms with Crippen LogP contribution in [0.1, 0.15) is 71.6 Å². The van der Waals surface area contributed by atoms with Gasteiger partial charge < -0.3 is 20.4 Å². The molecule has 30 heavy (non-hydrogen) atoms. The minimum Gasteiger partial charge on any atom is -0.360 e. The largest absolute Gasteiger partial charge is 0.360 e. The second kappa shape index (κ2) is 10.1. The molecular weight excluding hydrogens is 392 g/mol. The summed E-state index contributed by atoms with van der Waals surface area (Å²) in [5.74, 6) is 4.11. The van der Waals surface area contributed by atoms with Crippen LogP contribution in [0.5, 0.6) is 0 Å². The molecule has 0 radical (unpaired) electrons. The second-order valence-corrected chi connectivity index (χ2v) is 10.1. The summed E-state index contributed by atoms with van der Waals surface area (Å²) in [6, 6.07) is 2.67. The summed E-state index contributed by atoms with van der Waals surface area (Å²) in [6.45, 7) is 8.95. The van der Waals surface area contributed by atoms with E-state index in [1.807, 2.05) is 0 Å². The maximum Gasteiger partial charge on any atom is 0.232 e. The number of nitrogens with zero attached hydrogens (tertiary/aromatic N) is 4. The van der Waals surface area contributed by atoms with Crippen molar-refractivity contribution in [2.45, 2.75) is 77.7 Å². The minimum absolute atomic E-state index is 0.479. The fourth-order valence-corrected chi connectivity index (χ4v) is 5.42. The predicted molar refractivity (Wildman–Crippen MR) is 129 cm³/mol. The van der Waals surface area contributed by atoms with E-state index < -0.39 is 0 Å². The lowest BCUT2D eigenvalue weighted by atomic mass is 9.96. The van der Waals surface area contributed by atoms with Crippen molar-refractivity contribution in [1.82, 2.24) is 15.3 Å². The van der Waals surface area contributed by atoms with E-state index in [0.717, 1.165) is 37.8 Å². The molecule has 2 atom stereocenters. The fraction of sp³-hybridized carbons (Fsp3) is 0.783. The number of rotatable bonds is 4. The Morgan fingerprint density at radius 3 is 1.97 bits per heavy atom. The zero-order chi connectivity index (χ0) is 20.9. The van der Waals surface area contributed by atoms with Gasteiger partial charge in [-0.1, -0.05) is 33.1 Å². The summed E-state index contributed by atoms with van der Waals surface area (Å²) in [5.41, 5.74) is 0.